The summed E-state index contributed by atoms with van der Waals surface area (Å²) < 4.78 is 5.04. The maximum absolute atomic E-state index is 5.04. The highest BCUT2D eigenvalue weighted by molar-refractivity contribution is 7.15. The SMILES string of the molecule is COCCCc1cnc(-c2ccccc2)s1. The Morgan fingerprint density at radius 3 is 2.81 bits per heavy atom. The highest BCUT2D eigenvalue weighted by atomic mass is 32.1. The van der Waals surface area contributed by atoms with E-state index in [-0.39, 0.29) is 0 Å². The summed E-state index contributed by atoms with van der Waals surface area (Å²) in [6.45, 7) is 0.818. The number of nitrogens with zero attached hydrogens (tertiary/aromatic N) is 1. The Bertz CT molecular complexity index is 425. The van der Waals surface area contributed by atoms with Crippen molar-refractivity contribution in [2.75, 3.05) is 13.7 Å². The van der Waals surface area contributed by atoms with Crippen LogP contribution in [0.25, 0.3) is 10.6 Å². The van der Waals surface area contributed by atoms with Gasteiger partial charge in [-0.05, 0) is 12.8 Å². The predicted molar refractivity (Wildman–Crippen MR) is 67.7 cm³/mol. The van der Waals surface area contributed by atoms with Gasteiger partial charge in [-0.15, -0.1) is 11.3 Å². The van der Waals surface area contributed by atoms with Crippen molar-refractivity contribution in [3.63, 3.8) is 0 Å². The van der Waals surface area contributed by atoms with Gasteiger partial charge in [-0.3, -0.25) is 0 Å². The Labute approximate surface area is 99.9 Å². The molecule has 0 aliphatic rings. The van der Waals surface area contributed by atoms with Gasteiger partial charge in [0.25, 0.3) is 0 Å². The van der Waals surface area contributed by atoms with E-state index in [1.807, 2.05) is 24.4 Å². The maximum Gasteiger partial charge on any atom is 0.123 e. The maximum atomic E-state index is 5.04. The molecule has 1 aromatic heterocycles. The predicted octanol–water partition coefficient (Wildman–Crippen LogP) is 3.39. The van der Waals surface area contributed by atoms with Crippen LogP contribution in [0.5, 0.6) is 0 Å². The van der Waals surface area contributed by atoms with E-state index in [2.05, 4.69) is 17.1 Å². The Hall–Kier alpha value is -1.19. The van der Waals surface area contributed by atoms with E-state index in [0.29, 0.717) is 0 Å². The van der Waals surface area contributed by atoms with Crippen LogP contribution in [0, 0.1) is 0 Å². The standard InChI is InChI=1S/C13H15NOS/c1-15-9-5-8-12-10-14-13(16-12)11-6-3-2-4-7-11/h2-4,6-7,10H,5,8-9H2,1H3. The molecule has 2 aromatic rings. The first-order chi connectivity index (χ1) is 7.90. The van der Waals surface area contributed by atoms with E-state index in [1.165, 1.54) is 10.4 Å². The fraction of sp³-hybridized carbons (Fsp3) is 0.308. The minimum absolute atomic E-state index is 0.818. The van der Waals surface area contributed by atoms with Gasteiger partial charge >= 0.3 is 0 Å². The van der Waals surface area contributed by atoms with Crippen molar-refractivity contribution in [3.8, 4) is 10.6 Å². The van der Waals surface area contributed by atoms with Gasteiger partial charge in [-0.25, -0.2) is 4.98 Å². The van der Waals surface area contributed by atoms with Crippen LogP contribution in [-0.4, -0.2) is 18.7 Å². The molecule has 84 valence electrons. The molecule has 0 saturated carbocycles. The van der Waals surface area contributed by atoms with Gasteiger partial charge < -0.3 is 4.74 Å². The van der Waals surface area contributed by atoms with Crippen molar-refractivity contribution in [2.45, 2.75) is 12.8 Å². The highest BCUT2D eigenvalue weighted by Crippen LogP contribution is 2.25. The summed E-state index contributed by atoms with van der Waals surface area (Å²) >= 11 is 1.77. The van der Waals surface area contributed by atoms with E-state index in [1.54, 1.807) is 18.4 Å². The van der Waals surface area contributed by atoms with Crippen molar-refractivity contribution in [1.29, 1.82) is 0 Å². The highest BCUT2D eigenvalue weighted by Gasteiger charge is 2.03. The Balaban J connectivity index is 2.02. The first kappa shape index (κ1) is 11.3. The summed E-state index contributed by atoms with van der Waals surface area (Å²) in [4.78, 5) is 5.77. The molecule has 0 fully saturated rings. The molecule has 1 aromatic carbocycles. The van der Waals surface area contributed by atoms with Crippen LogP contribution in [0.4, 0.5) is 0 Å². The minimum atomic E-state index is 0.818. The van der Waals surface area contributed by atoms with Gasteiger partial charge in [0.1, 0.15) is 5.01 Å². The Morgan fingerprint density at radius 1 is 1.25 bits per heavy atom. The average Bonchev–Trinajstić information content (AvgIpc) is 2.79. The molecular formula is C13H15NOS. The lowest BCUT2D eigenvalue weighted by Crippen LogP contribution is -1.89. The van der Waals surface area contributed by atoms with E-state index >= 15 is 0 Å². The van der Waals surface area contributed by atoms with Gasteiger partial charge in [0.05, 0.1) is 0 Å². The number of ether oxygens (including phenoxy) is 1. The van der Waals surface area contributed by atoms with Gasteiger partial charge in [0, 0.05) is 30.4 Å². The van der Waals surface area contributed by atoms with E-state index < -0.39 is 0 Å². The molecule has 3 heteroatoms. The topological polar surface area (TPSA) is 22.1 Å². The molecular weight excluding hydrogens is 218 g/mol. The Kier molecular flexibility index (Phi) is 4.08. The van der Waals surface area contributed by atoms with Crippen LogP contribution < -0.4 is 0 Å². The molecule has 0 atom stereocenters. The zero-order chi connectivity index (χ0) is 11.2. The molecule has 0 amide bonds. The van der Waals surface area contributed by atoms with Gasteiger partial charge in [-0.2, -0.15) is 0 Å². The van der Waals surface area contributed by atoms with Crippen LogP contribution in [0.2, 0.25) is 0 Å². The van der Waals surface area contributed by atoms with Crippen molar-refractivity contribution in [2.24, 2.45) is 0 Å². The molecule has 1 heterocycles. The van der Waals surface area contributed by atoms with E-state index in [0.717, 1.165) is 24.5 Å². The van der Waals surface area contributed by atoms with Crippen molar-refractivity contribution in [1.82, 2.24) is 4.98 Å². The lowest BCUT2D eigenvalue weighted by molar-refractivity contribution is 0.195. The smallest absolute Gasteiger partial charge is 0.123 e. The number of benzene rings is 1. The van der Waals surface area contributed by atoms with Crippen LogP contribution >= 0.6 is 11.3 Å². The van der Waals surface area contributed by atoms with E-state index in [9.17, 15) is 0 Å². The fourth-order valence-electron chi connectivity index (χ4n) is 1.53. The number of methoxy groups -OCH3 is 1. The molecule has 0 N–H and O–H groups in total. The number of hydrogen-bond acceptors (Lipinski definition) is 3. The number of thiazole rings is 1. The van der Waals surface area contributed by atoms with E-state index in [4.69, 9.17) is 4.74 Å². The van der Waals surface area contributed by atoms with Crippen LogP contribution in [-0.2, 0) is 11.2 Å². The molecule has 0 spiro atoms. The molecule has 0 aliphatic carbocycles. The first-order valence-electron chi connectivity index (χ1n) is 5.39. The average molecular weight is 233 g/mol. The first-order valence-corrected chi connectivity index (χ1v) is 6.21. The second kappa shape index (κ2) is 5.77. The zero-order valence-electron chi connectivity index (χ0n) is 9.35. The summed E-state index contributed by atoms with van der Waals surface area (Å²) in [5.41, 5.74) is 1.20. The molecule has 0 bridgehead atoms. The number of hydrogen-bond donors (Lipinski definition) is 0. The molecule has 0 aliphatic heterocycles. The van der Waals surface area contributed by atoms with Crippen LogP contribution in [0.15, 0.2) is 36.5 Å². The van der Waals surface area contributed by atoms with Gasteiger partial charge in [-0.1, -0.05) is 30.3 Å². The number of aryl methyl sites for hydroxylation is 1. The second-order valence-corrected chi connectivity index (χ2v) is 4.71. The van der Waals surface area contributed by atoms with Crippen LogP contribution in [0.3, 0.4) is 0 Å². The third-order valence-corrected chi connectivity index (χ3v) is 3.45. The fourth-order valence-corrected chi connectivity index (χ4v) is 2.49. The number of rotatable bonds is 5. The quantitative estimate of drug-likeness (QED) is 0.738. The molecule has 16 heavy (non-hydrogen) atoms. The zero-order valence-corrected chi connectivity index (χ0v) is 10.2. The molecule has 0 saturated heterocycles. The molecule has 0 unspecified atom stereocenters. The monoisotopic (exact) mass is 233 g/mol. The van der Waals surface area contributed by atoms with Crippen LogP contribution in [0.1, 0.15) is 11.3 Å². The minimum Gasteiger partial charge on any atom is -0.385 e. The summed E-state index contributed by atoms with van der Waals surface area (Å²) in [6.07, 6.45) is 4.09. The van der Waals surface area contributed by atoms with Gasteiger partial charge in [0.15, 0.2) is 0 Å². The summed E-state index contributed by atoms with van der Waals surface area (Å²) in [5, 5.41) is 1.10. The summed E-state index contributed by atoms with van der Waals surface area (Å²) in [6, 6.07) is 10.3. The summed E-state index contributed by atoms with van der Waals surface area (Å²) in [7, 11) is 1.74. The summed E-state index contributed by atoms with van der Waals surface area (Å²) in [5.74, 6) is 0. The van der Waals surface area contributed by atoms with Crippen molar-refractivity contribution in [3.05, 3.63) is 41.4 Å². The lowest BCUT2D eigenvalue weighted by atomic mass is 10.2. The molecule has 2 rings (SSSR count). The molecule has 2 nitrogen and oxygen atoms in total. The van der Waals surface area contributed by atoms with Crippen molar-refractivity contribution >= 4 is 11.3 Å². The third-order valence-electron chi connectivity index (χ3n) is 2.35. The van der Waals surface area contributed by atoms with Gasteiger partial charge in [0.2, 0.25) is 0 Å². The van der Waals surface area contributed by atoms with Crippen molar-refractivity contribution < 1.29 is 4.74 Å². The normalized spacial score (nSPS) is 10.6. The Morgan fingerprint density at radius 2 is 2.06 bits per heavy atom. The number of aromatic nitrogens is 1. The largest absolute Gasteiger partial charge is 0.385 e. The third kappa shape index (κ3) is 2.90. The lowest BCUT2D eigenvalue weighted by Gasteiger charge is -1.95. The molecule has 0 radical (unpaired) electrons. The second-order valence-electron chi connectivity index (χ2n) is 3.59.